The van der Waals surface area contributed by atoms with E-state index in [1.54, 1.807) is 167 Å². The molecule has 0 aliphatic carbocycles. The lowest BCUT2D eigenvalue weighted by molar-refractivity contribution is -0.362. The molecule has 0 saturated carbocycles. The van der Waals surface area contributed by atoms with E-state index in [2.05, 4.69) is 38.4 Å². The van der Waals surface area contributed by atoms with Crippen LogP contribution in [-0.4, -0.2) is 168 Å². The molecular weight excluding hydrogens is 1500 g/mol. The van der Waals surface area contributed by atoms with E-state index in [-0.39, 0.29) is 60.6 Å². The van der Waals surface area contributed by atoms with E-state index in [9.17, 15) is 29.2 Å². The van der Waals surface area contributed by atoms with Crippen LogP contribution in [-0.2, 0) is 71.5 Å². The van der Waals surface area contributed by atoms with Gasteiger partial charge in [-0.25, -0.2) is 28.6 Å². The number of nitriles is 1. The zero-order valence-electron chi connectivity index (χ0n) is 67.2. The van der Waals surface area contributed by atoms with Gasteiger partial charge in [0.15, 0.2) is 31.1 Å². The summed E-state index contributed by atoms with van der Waals surface area (Å²) in [4.78, 5) is 72.6. The lowest BCUT2D eigenvalue weighted by Crippen LogP contribution is -2.64. The molecular formula is C92H105N2O21P. The van der Waals surface area contributed by atoms with Gasteiger partial charge >= 0.3 is 29.8 Å². The summed E-state index contributed by atoms with van der Waals surface area (Å²) < 4.78 is 109. The number of benzene rings is 8. The third kappa shape index (κ3) is 22.3. The van der Waals surface area contributed by atoms with Gasteiger partial charge in [0.1, 0.15) is 66.9 Å². The molecule has 8 aromatic rings. The maximum Gasteiger partial charge on any atom is 0.338 e. The predicted molar refractivity (Wildman–Crippen MR) is 432 cm³/mol. The molecule has 614 valence electrons. The van der Waals surface area contributed by atoms with Crippen LogP contribution < -0.4 is 9.47 Å². The van der Waals surface area contributed by atoms with Crippen molar-refractivity contribution >= 4 is 38.4 Å². The molecule has 3 aliphatic heterocycles. The van der Waals surface area contributed by atoms with E-state index in [1.165, 1.54) is 0 Å². The summed E-state index contributed by atoms with van der Waals surface area (Å²) in [6.07, 6.45) is -11.8. The van der Waals surface area contributed by atoms with Crippen molar-refractivity contribution in [1.29, 1.82) is 5.26 Å². The molecule has 3 aliphatic rings. The van der Waals surface area contributed by atoms with Gasteiger partial charge in [0.2, 0.25) is 0 Å². The monoisotopic (exact) mass is 1600 g/mol. The molecule has 0 bridgehead atoms. The van der Waals surface area contributed by atoms with Crippen LogP contribution in [0.5, 0.6) is 11.5 Å². The first kappa shape index (κ1) is 87.1. The fourth-order valence-corrected chi connectivity index (χ4v) is 16.3. The van der Waals surface area contributed by atoms with Gasteiger partial charge in [0.05, 0.1) is 74.3 Å². The number of unbranched alkanes of at least 4 members (excludes halogenated alkanes) is 2. The number of ether oxygens (including phenoxy) is 14. The minimum absolute atomic E-state index is 0.121. The van der Waals surface area contributed by atoms with Crippen LogP contribution in [0.25, 0.3) is 0 Å². The van der Waals surface area contributed by atoms with E-state index in [1.807, 2.05) is 106 Å². The number of carbonyl (C=O) groups excluding carboxylic acids is 5. The van der Waals surface area contributed by atoms with Gasteiger partial charge in [-0.05, 0) is 149 Å². The van der Waals surface area contributed by atoms with Gasteiger partial charge in [-0.3, -0.25) is 0 Å². The van der Waals surface area contributed by atoms with Crippen molar-refractivity contribution in [3.8, 4) is 17.6 Å². The summed E-state index contributed by atoms with van der Waals surface area (Å²) >= 11 is 0. The fraction of sp³-hybridized carbons (Fsp3) is 0.413. The number of hydrogen-bond donors (Lipinski definition) is 0. The maximum absolute atomic E-state index is 15.0. The summed E-state index contributed by atoms with van der Waals surface area (Å²) in [6, 6.07) is 69.5. The van der Waals surface area contributed by atoms with Crippen molar-refractivity contribution < 1.29 is 99.3 Å². The third-order valence-corrected chi connectivity index (χ3v) is 23.1. The molecule has 23 nitrogen and oxygen atoms in total. The van der Waals surface area contributed by atoms with E-state index in [4.69, 9.17) is 75.4 Å². The number of hydrogen-bond acceptors (Lipinski definition) is 23. The highest BCUT2D eigenvalue weighted by Gasteiger charge is 2.56. The maximum atomic E-state index is 15.0. The topological polar surface area (TPSA) is 260 Å². The number of esters is 5. The Hall–Kier alpha value is -9.77. The zero-order chi connectivity index (χ0) is 82.1. The van der Waals surface area contributed by atoms with Gasteiger partial charge in [-0.1, -0.05) is 173 Å². The minimum atomic E-state index is -1.46. The second kappa shape index (κ2) is 42.9. The Morgan fingerprint density at radius 3 is 1.17 bits per heavy atom. The molecule has 0 spiro atoms. The number of methoxy groups -OCH3 is 2. The van der Waals surface area contributed by atoms with E-state index >= 15 is 0 Å². The average Bonchev–Trinajstić information content (AvgIpc) is 0.748. The highest BCUT2D eigenvalue weighted by atomic mass is 31.2. The first-order valence-corrected chi connectivity index (χ1v) is 40.7. The Morgan fingerprint density at radius 1 is 0.405 bits per heavy atom. The highest BCUT2D eigenvalue weighted by Crippen LogP contribution is 2.48. The third-order valence-electron chi connectivity index (χ3n) is 21.0. The van der Waals surface area contributed by atoms with Crippen LogP contribution in [0.1, 0.15) is 150 Å². The van der Waals surface area contributed by atoms with Crippen molar-refractivity contribution in [2.24, 2.45) is 23.7 Å². The summed E-state index contributed by atoms with van der Waals surface area (Å²) in [7, 11) is 1.73. The highest BCUT2D eigenvalue weighted by molar-refractivity contribution is 7.44. The number of rotatable bonds is 38. The molecule has 116 heavy (non-hydrogen) atoms. The Bertz CT molecular complexity index is 4340. The predicted octanol–water partition coefficient (Wildman–Crippen LogP) is 16.4. The molecule has 0 aromatic heterocycles. The van der Waals surface area contributed by atoms with Crippen molar-refractivity contribution in [2.45, 2.75) is 166 Å². The van der Waals surface area contributed by atoms with Crippen LogP contribution >= 0.6 is 8.53 Å². The van der Waals surface area contributed by atoms with Gasteiger partial charge in [-0.15, -0.1) is 0 Å². The average molecular weight is 1610 g/mol. The largest absolute Gasteiger partial charge is 0.497 e. The Kier molecular flexibility index (Phi) is 32.2. The molecule has 3 saturated heterocycles. The summed E-state index contributed by atoms with van der Waals surface area (Å²) in [5.41, 5.74) is 1.98. The van der Waals surface area contributed by atoms with Gasteiger partial charge in [0.25, 0.3) is 8.53 Å². The Balaban J connectivity index is 0.977. The molecule has 0 radical (unpaired) electrons. The Morgan fingerprint density at radius 2 is 0.759 bits per heavy atom. The number of carbonyl (C=O) groups is 5. The van der Waals surface area contributed by atoms with Crippen molar-refractivity contribution in [3.63, 3.8) is 0 Å². The lowest BCUT2D eigenvalue weighted by Gasteiger charge is -2.51. The molecule has 16 atom stereocenters. The molecule has 24 heteroatoms. The first-order valence-electron chi connectivity index (χ1n) is 39.6. The molecule has 8 aromatic carbocycles. The minimum Gasteiger partial charge on any atom is -0.497 e. The quantitative estimate of drug-likeness (QED) is 0.0114. The van der Waals surface area contributed by atoms with Gasteiger partial charge in [-0.2, -0.15) is 5.26 Å². The van der Waals surface area contributed by atoms with E-state index in [0.29, 0.717) is 42.9 Å². The van der Waals surface area contributed by atoms with Crippen LogP contribution in [0.2, 0.25) is 0 Å². The lowest BCUT2D eigenvalue weighted by atomic mass is 9.79. The van der Waals surface area contributed by atoms with Crippen LogP contribution in [0, 0.1) is 35.0 Å². The fourth-order valence-electron chi connectivity index (χ4n) is 14.7. The summed E-state index contributed by atoms with van der Waals surface area (Å²) in [5, 5.41) is 9.32. The normalized spacial score (nSPS) is 23.6. The second-order valence-corrected chi connectivity index (χ2v) is 31.0. The van der Waals surface area contributed by atoms with Gasteiger partial charge in [0, 0.05) is 42.4 Å². The zero-order valence-corrected chi connectivity index (χ0v) is 68.1. The van der Waals surface area contributed by atoms with Crippen LogP contribution in [0.3, 0.4) is 0 Å². The standard InChI is InChI=1S/C92H105N2O21P/c1-60(2)94(61(3)4)116(107-56-32-53-93)106-55-31-17-30-54-102-89-64(7)80(82(112-87(98)69-39-24-14-25-40-69)76(108-89)57-103-84(95)66-33-18-11-19-34-66)115-91-65(8)81(83(113-88(99)70-41-26-15-27-42-70)77(109-91)58-104-85(96)67-35-20-12-21-36-67)114-90-63(6)62(5)79(111-86(97)68-37-22-13-23-38-68)78(110-90)59-105-92(71-43-28-16-29-44-71,72-45-49-74(100-9)50-46-72)73-47-51-75(101-10)52-48-73/h11-16,18-29,33-52,60-65,76-83,89-91H,17,30-32,54-59H2,1-10H3. The SMILES string of the molecule is COc1ccc(C(OCC2OC(OC3C(C)C(OC4C(C)C(OCCCCCOP(OCCC#N)N(C(C)C)C(C)C)OC(COC(=O)c5ccccc5)C4OC(=O)c4ccccc4)OC(COC(=O)c4ccccc4)C3OC(=O)c3ccccc3)C(C)C(C)C2OC(=O)c2ccccc2)(c2ccccc2)c2ccc(OC)cc2)cc1. The molecule has 3 fully saturated rings. The summed E-state index contributed by atoms with van der Waals surface area (Å²) in [6.45, 7) is 15.4. The molecule has 3 heterocycles. The van der Waals surface area contributed by atoms with Crippen molar-refractivity contribution in [1.82, 2.24) is 4.67 Å². The van der Waals surface area contributed by atoms with Crippen LogP contribution in [0.4, 0.5) is 0 Å². The van der Waals surface area contributed by atoms with Crippen molar-refractivity contribution in [2.75, 3.05) is 53.9 Å². The van der Waals surface area contributed by atoms with Gasteiger partial charge < -0.3 is 75.4 Å². The molecule has 0 amide bonds. The van der Waals surface area contributed by atoms with E-state index in [0.717, 1.165) is 16.7 Å². The first-order chi connectivity index (χ1) is 56.3. The van der Waals surface area contributed by atoms with E-state index < -0.39 is 149 Å². The van der Waals surface area contributed by atoms with Crippen molar-refractivity contribution in [3.05, 3.63) is 275 Å². The smallest absolute Gasteiger partial charge is 0.338 e. The second-order valence-electron chi connectivity index (χ2n) is 29.5. The molecule has 11 rings (SSSR count). The van der Waals surface area contributed by atoms with Crippen LogP contribution in [0.15, 0.2) is 231 Å². The number of nitrogens with zero attached hydrogens (tertiary/aromatic N) is 2. The Labute approximate surface area is 680 Å². The molecule has 0 N–H and O–H groups in total. The molecule has 16 unspecified atom stereocenters. The summed E-state index contributed by atoms with van der Waals surface area (Å²) in [5.74, 6) is -5.32.